The minimum atomic E-state index is -0.311. The van der Waals surface area contributed by atoms with Crippen LogP contribution < -0.4 is 21.3 Å². The van der Waals surface area contributed by atoms with Crippen molar-refractivity contribution in [2.75, 3.05) is 35.4 Å². The molecule has 2 heterocycles. The van der Waals surface area contributed by atoms with Gasteiger partial charge >= 0.3 is 0 Å². The van der Waals surface area contributed by atoms with Crippen LogP contribution in [0, 0.1) is 0 Å². The third kappa shape index (κ3) is 6.30. The number of hydrogen-bond acceptors (Lipinski definition) is 8. The van der Waals surface area contributed by atoms with E-state index < -0.39 is 0 Å². The van der Waals surface area contributed by atoms with Crippen LogP contribution in [0.1, 0.15) is 38.1 Å². The first kappa shape index (κ1) is 23.3. The van der Waals surface area contributed by atoms with Crippen molar-refractivity contribution >= 4 is 41.2 Å². The molecule has 0 aliphatic carbocycles. The number of H-pyrrole nitrogens is 1. The summed E-state index contributed by atoms with van der Waals surface area (Å²) in [5.74, 6) is 1.29. The summed E-state index contributed by atoms with van der Waals surface area (Å²) < 4.78 is 0. The van der Waals surface area contributed by atoms with E-state index in [0.717, 1.165) is 11.3 Å². The fourth-order valence-electron chi connectivity index (χ4n) is 2.87. The number of benzene rings is 1. The van der Waals surface area contributed by atoms with E-state index in [1.807, 2.05) is 36.4 Å². The van der Waals surface area contributed by atoms with Gasteiger partial charge in [0.1, 0.15) is 5.88 Å². The highest BCUT2D eigenvalue weighted by atomic mass is 35.5. The van der Waals surface area contributed by atoms with Crippen LogP contribution >= 0.6 is 11.6 Å². The Labute approximate surface area is 192 Å². The van der Waals surface area contributed by atoms with Gasteiger partial charge in [-0.1, -0.05) is 51.1 Å². The van der Waals surface area contributed by atoms with Gasteiger partial charge in [-0.05, 0) is 5.56 Å². The highest BCUT2D eigenvalue weighted by molar-refractivity contribution is 6.27. The number of amides is 1. The number of aromatic nitrogens is 5. The lowest BCUT2D eigenvalue weighted by atomic mass is 9.92. The molecule has 0 spiro atoms. The molecular weight excluding hydrogens is 430 g/mol. The van der Waals surface area contributed by atoms with Crippen LogP contribution in [0.3, 0.4) is 0 Å². The summed E-state index contributed by atoms with van der Waals surface area (Å²) >= 11 is 5.68. The lowest BCUT2D eigenvalue weighted by molar-refractivity contribution is -0.119. The van der Waals surface area contributed by atoms with Crippen LogP contribution in [0.2, 0.25) is 0 Å². The van der Waals surface area contributed by atoms with E-state index in [-0.39, 0.29) is 23.2 Å². The fraction of sp³-hybridized carbons (Fsp3) is 0.381. The number of nitrogens with one attached hydrogen (secondary N) is 5. The summed E-state index contributed by atoms with van der Waals surface area (Å²) in [4.78, 5) is 25.0. The molecule has 11 heteroatoms. The second-order valence-electron chi connectivity index (χ2n) is 8.14. The zero-order chi connectivity index (χ0) is 23.1. The normalized spacial score (nSPS) is 12.2. The predicted molar refractivity (Wildman–Crippen MR) is 126 cm³/mol. The molecule has 0 fully saturated rings. The Hall–Kier alpha value is -3.40. The number of halogens is 1. The van der Waals surface area contributed by atoms with Gasteiger partial charge in [0.2, 0.25) is 23.8 Å². The highest BCUT2D eigenvalue weighted by Crippen LogP contribution is 2.23. The average molecular weight is 458 g/mol. The smallest absolute Gasteiger partial charge is 0.235 e. The van der Waals surface area contributed by atoms with Crippen LogP contribution in [-0.2, 0) is 10.2 Å². The van der Waals surface area contributed by atoms with Gasteiger partial charge in [0.15, 0.2) is 5.82 Å². The first-order valence-electron chi connectivity index (χ1n) is 10.2. The molecule has 170 valence electrons. The zero-order valence-corrected chi connectivity index (χ0v) is 19.3. The molecule has 1 aromatic carbocycles. The molecule has 0 saturated heterocycles. The van der Waals surface area contributed by atoms with E-state index in [4.69, 9.17) is 11.6 Å². The monoisotopic (exact) mass is 457 g/mol. The van der Waals surface area contributed by atoms with Crippen molar-refractivity contribution in [1.82, 2.24) is 30.5 Å². The number of rotatable bonds is 9. The van der Waals surface area contributed by atoms with Gasteiger partial charge in [0.25, 0.3) is 0 Å². The van der Waals surface area contributed by atoms with Gasteiger partial charge in [-0.15, -0.1) is 11.6 Å². The topological polar surface area (TPSA) is 133 Å². The molecular formula is C21H28ClN9O. The van der Waals surface area contributed by atoms with E-state index in [1.54, 1.807) is 7.05 Å². The average Bonchev–Trinajstić information content (AvgIpc) is 3.26. The van der Waals surface area contributed by atoms with Crippen molar-refractivity contribution < 1.29 is 4.79 Å². The molecule has 1 atom stereocenters. The standard InChI is InChI=1S/C21H28ClN9O/c1-21(2,3)15-10-16(31-30-15)26-20-28-18(23-4)27-19(29-20)24-12-14(25-17(32)11-22)13-8-6-5-7-9-13/h5-10,14H,11-12H2,1-4H3,(H,25,32)(H4,23,24,26,27,28,29,30,31). The van der Waals surface area contributed by atoms with Crippen molar-refractivity contribution in [3.8, 4) is 0 Å². The van der Waals surface area contributed by atoms with Gasteiger partial charge < -0.3 is 21.3 Å². The van der Waals surface area contributed by atoms with Crippen molar-refractivity contribution in [2.24, 2.45) is 0 Å². The summed E-state index contributed by atoms with van der Waals surface area (Å²) in [5.41, 5.74) is 1.86. The van der Waals surface area contributed by atoms with Gasteiger partial charge in [0.05, 0.1) is 6.04 Å². The largest absolute Gasteiger partial charge is 0.357 e. The summed E-state index contributed by atoms with van der Waals surface area (Å²) in [6.07, 6.45) is 0. The molecule has 0 bridgehead atoms. The molecule has 0 aliphatic rings. The second kappa shape index (κ2) is 10.3. The van der Waals surface area contributed by atoms with E-state index in [2.05, 4.69) is 67.2 Å². The maximum absolute atomic E-state index is 11.9. The Morgan fingerprint density at radius 1 is 1.09 bits per heavy atom. The predicted octanol–water partition coefficient (Wildman–Crippen LogP) is 3.19. The van der Waals surface area contributed by atoms with E-state index in [0.29, 0.717) is 30.2 Å². The fourth-order valence-corrected chi connectivity index (χ4v) is 2.95. The zero-order valence-electron chi connectivity index (χ0n) is 18.5. The minimum absolute atomic E-state index is 0.0607. The molecule has 2 aromatic heterocycles. The van der Waals surface area contributed by atoms with E-state index >= 15 is 0 Å². The van der Waals surface area contributed by atoms with Crippen molar-refractivity contribution in [2.45, 2.75) is 32.2 Å². The molecule has 10 nitrogen and oxygen atoms in total. The summed E-state index contributed by atoms with van der Waals surface area (Å²) in [6.45, 7) is 6.65. The molecule has 3 aromatic rings. The van der Waals surface area contributed by atoms with Crippen LogP contribution in [-0.4, -0.2) is 50.5 Å². The maximum Gasteiger partial charge on any atom is 0.235 e. The first-order valence-corrected chi connectivity index (χ1v) is 10.7. The van der Waals surface area contributed by atoms with E-state index in [9.17, 15) is 4.79 Å². The van der Waals surface area contributed by atoms with Gasteiger partial charge in [0, 0.05) is 30.8 Å². The molecule has 0 aliphatic heterocycles. The van der Waals surface area contributed by atoms with E-state index in [1.165, 1.54) is 0 Å². The molecule has 3 rings (SSSR count). The highest BCUT2D eigenvalue weighted by Gasteiger charge is 2.18. The van der Waals surface area contributed by atoms with Crippen molar-refractivity contribution in [3.63, 3.8) is 0 Å². The molecule has 0 saturated carbocycles. The van der Waals surface area contributed by atoms with Crippen LogP contribution in [0.25, 0.3) is 0 Å². The minimum Gasteiger partial charge on any atom is -0.357 e. The summed E-state index contributed by atoms with van der Waals surface area (Å²) in [6, 6.07) is 11.2. The van der Waals surface area contributed by atoms with Crippen molar-refractivity contribution in [1.29, 1.82) is 0 Å². The van der Waals surface area contributed by atoms with Crippen LogP contribution in [0.4, 0.5) is 23.7 Å². The summed E-state index contributed by atoms with van der Waals surface area (Å²) in [7, 11) is 1.72. The molecule has 1 unspecified atom stereocenters. The molecule has 0 radical (unpaired) electrons. The number of alkyl halides is 1. The van der Waals surface area contributed by atoms with Gasteiger partial charge in [-0.3, -0.25) is 9.89 Å². The SMILES string of the molecule is CNc1nc(NCC(NC(=O)CCl)c2ccccc2)nc(Nc2cc(C(C)(C)C)[nH]n2)n1. The van der Waals surface area contributed by atoms with Crippen LogP contribution in [0.5, 0.6) is 0 Å². The Morgan fingerprint density at radius 2 is 1.78 bits per heavy atom. The number of aromatic amines is 1. The lowest BCUT2D eigenvalue weighted by Gasteiger charge is -2.19. The number of hydrogen-bond donors (Lipinski definition) is 5. The quantitative estimate of drug-likeness (QED) is 0.309. The van der Waals surface area contributed by atoms with Crippen molar-refractivity contribution in [3.05, 3.63) is 47.7 Å². The van der Waals surface area contributed by atoms with Crippen LogP contribution in [0.15, 0.2) is 36.4 Å². The Bertz CT molecular complexity index is 1030. The number of carbonyl (C=O) groups excluding carboxylic acids is 1. The summed E-state index contributed by atoms with van der Waals surface area (Å²) in [5, 5.41) is 19.4. The Balaban J connectivity index is 1.76. The lowest BCUT2D eigenvalue weighted by Crippen LogP contribution is -2.34. The Morgan fingerprint density at radius 3 is 2.41 bits per heavy atom. The molecule has 1 amide bonds. The number of nitrogens with zero attached hydrogens (tertiary/aromatic N) is 4. The molecule has 32 heavy (non-hydrogen) atoms. The third-order valence-corrected chi connectivity index (χ3v) is 4.85. The van der Waals surface area contributed by atoms with Gasteiger partial charge in [-0.2, -0.15) is 20.1 Å². The number of carbonyl (C=O) groups is 1. The number of anilines is 4. The molecule has 5 N–H and O–H groups in total. The second-order valence-corrected chi connectivity index (χ2v) is 8.41. The Kier molecular flexibility index (Phi) is 7.47. The maximum atomic E-state index is 11.9. The van der Waals surface area contributed by atoms with Gasteiger partial charge in [-0.25, -0.2) is 0 Å². The first-order chi connectivity index (χ1) is 15.3. The third-order valence-electron chi connectivity index (χ3n) is 4.61.